The third kappa shape index (κ3) is 3.01. The summed E-state index contributed by atoms with van der Waals surface area (Å²) in [5.41, 5.74) is 1.15. The molecule has 2 rings (SSSR count). The van der Waals surface area contributed by atoms with Crippen LogP contribution in [-0.4, -0.2) is 27.4 Å². The highest BCUT2D eigenvalue weighted by Gasteiger charge is 2.10. The first-order valence-corrected chi connectivity index (χ1v) is 6.36. The van der Waals surface area contributed by atoms with Gasteiger partial charge in [0.15, 0.2) is 5.13 Å². The number of amides is 1. The standard InChI is InChI=1S/C11H13N5OS/c1-3-12-9-5-13-8(4-14-9)10(17)16-11-15-7(2)6-18-11/h4-6H,3H2,1-2H3,(H,12,14)(H,15,16,17). The molecule has 2 N–H and O–H groups in total. The number of carbonyl (C=O) groups excluding carboxylic acids is 1. The zero-order valence-corrected chi connectivity index (χ0v) is 10.9. The zero-order chi connectivity index (χ0) is 13.0. The zero-order valence-electron chi connectivity index (χ0n) is 10.1. The summed E-state index contributed by atoms with van der Waals surface area (Å²) < 4.78 is 0. The van der Waals surface area contributed by atoms with Crippen LogP contribution in [-0.2, 0) is 0 Å². The van der Waals surface area contributed by atoms with Gasteiger partial charge in [-0.15, -0.1) is 11.3 Å². The predicted molar refractivity (Wildman–Crippen MR) is 71.0 cm³/mol. The molecule has 0 bridgehead atoms. The van der Waals surface area contributed by atoms with Gasteiger partial charge in [0.25, 0.3) is 5.91 Å². The van der Waals surface area contributed by atoms with Crippen molar-refractivity contribution in [2.75, 3.05) is 17.2 Å². The number of hydrogen-bond donors (Lipinski definition) is 2. The number of anilines is 2. The van der Waals surface area contributed by atoms with E-state index in [1.807, 2.05) is 19.2 Å². The van der Waals surface area contributed by atoms with E-state index < -0.39 is 0 Å². The monoisotopic (exact) mass is 263 g/mol. The minimum atomic E-state index is -0.306. The molecule has 6 nitrogen and oxygen atoms in total. The number of hydrogen-bond acceptors (Lipinski definition) is 6. The van der Waals surface area contributed by atoms with E-state index in [0.29, 0.717) is 10.9 Å². The van der Waals surface area contributed by atoms with Crippen LogP contribution < -0.4 is 10.6 Å². The van der Waals surface area contributed by atoms with Crippen molar-refractivity contribution in [2.24, 2.45) is 0 Å². The van der Waals surface area contributed by atoms with Crippen LogP contribution in [0.3, 0.4) is 0 Å². The molecule has 0 fully saturated rings. The van der Waals surface area contributed by atoms with Gasteiger partial charge in [-0.05, 0) is 13.8 Å². The Morgan fingerprint density at radius 2 is 2.22 bits per heavy atom. The molecule has 2 aromatic rings. The van der Waals surface area contributed by atoms with Crippen LogP contribution in [0, 0.1) is 6.92 Å². The lowest BCUT2D eigenvalue weighted by Gasteiger charge is -2.03. The lowest BCUT2D eigenvalue weighted by molar-refractivity contribution is 0.102. The van der Waals surface area contributed by atoms with Gasteiger partial charge >= 0.3 is 0 Å². The lowest BCUT2D eigenvalue weighted by Crippen LogP contribution is -2.14. The second-order valence-electron chi connectivity index (χ2n) is 3.57. The molecule has 0 saturated heterocycles. The molecule has 0 unspecified atom stereocenters. The summed E-state index contributed by atoms with van der Waals surface area (Å²) in [6.45, 7) is 4.60. The van der Waals surface area contributed by atoms with E-state index in [9.17, 15) is 4.79 Å². The first-order chi connectivity index (χ1) is 8.69. The Balaban J connectivity index is 2.04. The highest BCUT2D eigenvalue weighted by Crippen LogP contribution is 2.15. The predicted octanol–water partition coefficient (Wildman–Crippen LogP) is 1.93. The topological polar surface area (TPSA) is 79.8 Å². The first-order valence-electron chi connectivity index (χ1n) is 5.48. The number of carbonyl (C=O) groups is 1. The lowest BCUT2D eigenvalue weighted by atomic mass is 10.4. The molecular formula is C11H13N5OS. The molecule has 0 aliphatic rings. The number of nitrogens with one attached hydrogen (secondary N) is 2. The summed E-state index contributed by atoms with van der Waals surface area (Å²) in [4.78, 5) is 24.1. The number of aromatic nitrogens is 3. The molecule has 0 atom stereocenters. The summed E-state index contributed by atoms with van der Waals surface area (Å²) in [5.74, 6) is 0.346. The minimum Gasteiger partial charge on any atom is -0.369 e. The molecule has 0 saturated carbocycles. The fourth-order valence-corrected chi connectivity index (χ4v) is 1.97. The SMILES string of the molecule is CCNc1cnc(C(=O)Nc2nc(C)cs2)cn1. The number of aryl methyl sites for hydroxylation is 1. The van der Waals surface area contributed by atoms with Gasteiger partial charge in [-0.25, -0.2) is 15.0 Å². The Hall–Kier alpha value is -2.02. The Kier molecular flexibility index (Phi) is 3.83. The summed E-state index contributed by atoms with van der Waals surface area (Å²) in [7, 11) is 0. The Labute approximate surface area is 109 Å². The van der Waals surface area contributed by atoms with Crippen molar-refractivity contribution in [2.45, 2.75) is 13.8 Å². The maximum absolute atomic E-state index is 11.8. The third-order valence-electron chi connectivity index (χ3n) is 2.08. The molecule has 2 aromatic heterocycles. The molecule has 0 aliphatic carbocycles. The van der Waals surface area contributed by atoms with Gasteiger partial charge in [0, 0.05) is 11.9 Å². The van der Waals surface area contributed by atoms with Gasteiger partial charge in [0.05, 0.1) is 18.1 Å². The van der Waals surface area contributed by atoms with Crippen molar-refractivity contribution in [3.8, 4) is 0 Å². The third-order valence-corrected chi connectivity index (χ3v) is 2.96. The van der Waals surface area contributed by atoms with E-state index in [0.717, 1.165) is 12.2 Å². The summed E-state index contributed by atoms with van der Waals surface area (Å²) in [6.07, 6.45) is 2.97. The van der Waals surface area contributed by atoms with E-state index in [2.05, 4.69) is 25.6 Å². The van der Waals surface area contributed by atoms with Crippen LogP contribution in [0.15, 0.2) is 17.8 Å². The van der Waals surface area contributed by atoms with Crippen molar-refractivity contribution in [3.63, 3.8) is 0 Å². The van der Waals surface area contributed by atoms with Gasteiger partial charge in [0.1, 0.15) is 11.5 Å². The number of rotatable bonds is 4. The Bertz CT molecular complexity index is 537. The van der Waals surface area contributed by atoms with Gasteiger partial charge in [-0.2, -0.15) is 0 Å². The minimum absolute atomic E-state index is 0.268. The molecule has 0 radical (unpaired) electrons. The van der Waals surface area contributed by atoms with Gasteiger partial charge in [-0.1, -0.05) is 0 Å². The van der Waals surface area contributed by atoms with E-state index >= 15 is 0 Å². The molecule has 0 spiro atoms. The van der Waals surface area contributed by atoms with Gasteiger partial charge in [0.2, 0.25) is 0 Å². The fraction of sp³-hybridized carbons (Fsp3) is 0.273. The van der Waals surface area contributed by atoms with Crippen molar-refractivity contribution in [3.05, 3.63) is 29.2 Å². The fourth-order valence-electron chi connectivity index (χ4n) is 1.29. The average Bonchev–Trinajstić information content (AvgIpc) is 2.76. The Morgan fingerprint density at radius 1 is 1.39 bits per heavy atom. The van der Waals surface area contributed by atoms with Crippen LogP contribution in [0.4, 0.5) is 10.9 Å². The quantitative estimate of drug-likeness (QED) is 0.881. The van der Waals surface area contributed by atoms with Crippen molar-refractivity contribution >= 4 is 28.2 Å². The highest BCUT2D eigenvalue weighted by atomic mass is 32.1. The molecule has 0 aromatic carbocycles. The molecule has 1 amide bonds. The second-order valence-corrected chi connectivity index (χ2v) is 4.42. The van der Waals surface area contributed by atoms with Gasteiger partial charge in [-0.3, -0.25) is 10.1 Å². The van der Waals surface area contributed by atoms with E-state index in [1.165, 1.54) is 23.7 Å². The molecule has 94 valence electrons. The molecule has 7 heteroatoms. The van der Waals surface area contributed by atoms with Crippen LogP contribution >= 0.6 is 11.3 Å². The Morgan fingerprint density at radius 3 is 2.78 bits per heavy atom. The second kappa shape index (κ2) is 5.54. The smallest absolute Gasteiger partial charge is 0.277 e. The van der Waals surface area contributed by atoms with Crippen LogP contribution in [0.25, 0.3) is 0 Å². The van der Waals surface area contributed by atoms with Crippen LogP contribution in [0.2, 0.25) is 0 Å². The van der Waals surface area contributed by atoms with Gasteiger partial charge < -0.3 is 5.32 Å². The average molecular weight is 263 g/mol. The van der Waals surface area contributed by atoms with E-state index in [1.54, 1.807) is 0 Å². The van der Waals surface area contributed by atoms with Crippen molar-refractivity contribution in [1.82, 2.24) is 15.0 Å². The normalized spacial score (nSPS) is 10.1. The van der Waals surface area contributed by atoms with Crippen LogP contribution in [0.1, 0.15) is 23.1 Å². The molecule has 18 heavy (non-hydrogen) atoms. The first kappa shape index (κ1) is 12.4. The maximum Gasteiger partial charge on any atom is 0.277 e. The molecule has 0 aliphatic heterocycles. The summed E-state index contributed by atoms with van der Waals surface area (Å²) in [5, 5.41) is 8.12. The van der Waals surface area contributed by atoms with E-state index in [4.69, 9.17) is 0 Å². The molecule has 2 heterocycles. The largest absolute Gasteiger partial charge is 0.369 e. The van der Waals surface area contributed by atoms with Crippen LogP contribution in [0.5, 0.6) is 0 Å². The summed E-state index contributed by atoms with van der Waals surface area (Å²) >= 11 is 1.38. The number of thiazole rings is 1. The van der Waals surface area contributed by atoms with Crippen molar-refractivity contribution in [1.29, 1.82) is 0 Å². The van der Waals surface area contributed by atoms with E-state index in [-0.39, 0.29) is 11.6 Å². The highest BCUT2D eigenvalue weighted by molar-refractivity contribution is 7.13. The summed E-state index contributed by atoms with van der Waals surface area (Å²) in [6, 6.07) is 0. The maximum atomic E-state index is 11.8. The molecular weight excluding hydrogens is 250 g/mol. The van der Waals surface area contributed by atoms with Crippen molar-refractivity contribution < 1.29 is 4.79 Å². The number of nitrogens with zero attached hydrogens (tertiary/aromatic N) is 3.